The molecule has 0 saturated carbocycles. The molecule has 1 aliphatic heterocycles. The molecule has 0 bridgehead atoms. The van der Waals surface area contributed by atoms with Crippen molar-refractivity contribution in [1.29, 1.82) is 0 Å². The maximum Gasteiger partial charge on any atom is 0.325 e. The zero-order chi connectivity index (χ0) is 22.1. The third-order valence-corrected chi connectivity index (χ3v) is 5.64. The van der Waals surface area contributed by atoms with Gasteiger partial charge in [0.2, 0.25) is 0 Å². The van der Waals surface area contributed by atoms with E-state index in [1.54, 1.807) is 13.0 Å². The van der Waals surface area contributed by atoms with E-state index in [9.17, 15) is 9.59 Å². The molecule has 158 valence electrons. The Kier molecular flexibility index (Phi) is 5.61. The van der Waals surface area contributed by atoms with Crippen molar-refractivity contribution in [1.82, 2.24) is 9.88 Å². The summed E-state index contributed by atoms with van der Waals surface area (Å²) < 4.78 is 6.92. The molecular formula is C24H23N3O3S. The molecule has 0 aliphatic carbocycles. The molecule has 0 atom stereocenters. The maximum atomic E-state index is 13.1. The van der Waals surface area contributed by atoms with Crippen LogP contribution in [0.3, 0.4) is 0 Å². The first-order valence-electron chi connectivity index (χ1n) is 10.1. The van der Waals surface area contributed by atoms with Crippen molar-refractivity contribution in [3.63, 3.8) is 0 Å². The number of ether oxygens (including phenoxy) is 1. The summed E-state index contributed by atoms with van der Waals surface area (Å²) in [4.78, 5) is 26.7. The molecule has 31 heavy (non-hydrogen) atoms. The molecule has 0 radical (unpaired) electrons. The van der Waals surface area contributed by atoms with Gasteiger partial charge in [-0.15, -0.1) is 0 Å². The minimum atomic E-state index is -0.306. The van der Waals surface area contributed by atoms with E-state index in [2.05, 4.69) is 5.32 Å². The summed E-state index contributed by atoms with van der Waals surface area (Å²) in [5.74, 6) is -0.518. The van der Waals surface area contributed by atoms with E-state index < -0.39 is 0 Å². The number of nitrogens with one attached hydrogen (secondary N) is 1. The highest BCUT2D eigenvalue weighted by molar-refractivity contribution is 7.80. The van der Waals surface area contributed by atoms with Crippen molar-refractivity contribution in [2.75, 3.05) is 11.5 Å². The highest BCUT2D eigenvalue weighted by Crippen LogP contribution is 2.27. The normalized spacial score (nSPS) is 15.1. The van der Waals surface area contributed by atoms with Crippen molar-refractivity contribution < 1.29 is 14.3 Å². The van der Waals surface area contributed by atoms with Crippen LogP contribution in [0.1, 0.15) is 23.6 Å². The number of amides is 1. The van der Waals surface area contributed by atoms with Crippen molar-refractivity contribution in [3.8, 4) is 0 Å². The van der Waals surface area contributed by atoms with Gasteiger partial charge in [-0.05, 0) is 68.4 Å². The van der Waals surface area contributed by atoms with Crippen LogP contribution in [0.2, 0.25) is 0 Å². The molecule has 1 amide bonds. The number of fused-ring (bicyclic) bond motifs is 1. The fraction of sp³-hybridized carbons (Fsp3) is 0.208. The van der Waals surface area contributed by atoms with Crippen LogP contribution >= 0.6 is 12.2 Å². The molecule has 1 aromatic heterocycles. The summed E-state index contributed by atoms with van der Waals surface area (Å²) in [6, 6.07) is 13.6. The van der Waals surface area contributed by atoms with Gasteiger partial charge in [0.1, 0.15) is 12.2 Å². The molecule has 3 aromatic rings. The number of aromatic nitrogens is 1. The predicted molar refractivity (Wildman–Crippen MR) is 126 cm³/mol. The standard InChI is InChI=1S/C24H23N3O3S/c1-4-30-22(28)14-26-13-17(19-7-5-6-8-21(19)26)12-20-23(29)27(24(31)25-20)18-10-9-15(2)16(3)11-18/h5-13H,4,14H2,1-3H3,(H,25,31)/b20-12-. The second kappa shape index (κ2) is 8.35. The lowest BCUT2D eigenvalue weighted by Gasteiger charge is -2.15. The number of carbonyl (C=O) groups is 2. The topological polar surface area (TPSA) is 63.6 Å². The number of esters is 1. The first kappa shape index (κ1) is 20.8. The van der Waals surface area contributed by atoms with Gasteiger partial charge in [0, 0.05) is 22.7 Å². The fourth-order valence-corrected chi connectivity index (χ4v) is 3.95. The van der Waals surface area contributed by atoms with Crippen molar-refractivity contribution >= 4 is 51.9 Å². The SMILES string of the molecule is CCOC(=O)Cn1cc(/C=C2\NC(=S)N(c3ccc(C)c(C)c3)C2=O)c2ccccc21. The lowest BCUT2D eigenvalue weighted by molar-refractivity contribution is -0.143. The number of anilines is 1. The van der Waals surface area contributed by atoms with Crippen LogP contribution < -0.4 is 10.2 Å². The molecule has 1 aliphatic rings. The largest absolute Gasteiger partial charge is 0.465 e. The molecule has 4 rings (SSSR count). The molecule has 7 heteroatoms. The van der Waals surface area contributed by atoms with Crippen molar-refractivity contribution in [2.24, 2.45) is 0 Å². The quantitative estimate of drug-likeness (QED) is 0.373. The van der Waals surface area contributed by atoms with Gasteiger partial charge in [-0.25, -0.2) is 0 Å². The van der Waals surface area contributed by atoms with Gasteiger partial charge >= 0.3 is 5.97 Å². The highest BCUT2D eigenvalue weighted by Gasteiger charge is 2.32. The second-order valence-corrected chi connectivity index (χ2v) is 7.82. The van der Waals surface area contributed by atoms with Crippen LogP contribution in [0.25, 0.3) is 17.0 Å². The fourth-order valence-electron chi connectivity index (χ4n) is 3.66. The smallest absolute Gasteiger partial charge is 0.325 e. The first-order valence-corrected chi connectivity index (χ1v) is 10.5. The summed E-state index contributed by atoms with van der Waals surface area (Å²) in [6.45, 7) is 6.25. The van der Waals surface area contributed by atoms with Gasteiger partial charge < -0.3 is 14.6 Å². The zero-order valence-corrected chi connectivity index (χ0v) is 18.5. The third kappa shape index (κ3) is 3.96. The van der Waals surface area contributed by atoms with E-state index in [0.717, 1.165) is 33.3 Å². The molecule has 1 saturated heterocycles. The van der Waals surface area contributed by atoms with Crippen LogP contribution in [0.5, 0.6) is 0 Å². The maximum absolute atomic E-state index is 13.1. The molecular weight excluding hydrogens is 410 g/mol. The highest BCUT2D eigenvalue weighted by atomic mass is 32.1. The molecule has 0 unspecified atom stereocenters. The molecule has 1 fully saturated rings. The second-order valence-electron chi connectivity index (χ2n) is 7.43. The average Bonchev–Trinajstić information content (AvgIpc) is 3.21. The van der Waals surface area contributed by atoms with E-state index in [0.29, 0.717) is 17.4 Å². The van der Waals surface area contributed by atoms with Gasteiger partial charge in [0.15, 0.2) is 5.11 Å². The van der Waals surface area contributed by atoms with E-state index in [4.69, 9.17) is 17.0 Å². The Morgan fingerprint density at radius 2 is 1.94 bits per heavy atom. The van der Waals surface area contributed by atoms with Gasteiger partial charge in [-0.3, -0.25) is 14.5 Å². The first-order chi connectivity index (χ1) is 14.9. The number of benzene rings is 2. The lowest BCUT2D eigenvalue weighted by atomic mass is 10.1. The monoisotopic (exact) mass is 433 g/mol. The summed E-state index contributed by atoms with van der Waals surface area (Å²) in [5, 5.41) is 4.31. The Morgan fingerprint density at radius 1 is 1.16 bits per heavy atom. The summed E-state index contributed by atoms with van der Waals surface area (Å²) in [7, 11) is 0. The number of carbonyl (C=O) groups excluding carboxylic acids is 2. The average molecular weight is 434 g/mol. The molecule has 6 nitrogen and oxygen atoms in total. The summed E-state index contributed by atoms with van der Waals surface area (Å²) in [6.07, 6.45) is 3.63. The van der Waals surface area contributed by atoms with Crippen molar-refractivity contribution in [2.45, 2.75) is 27.3 Å². The minimum Gasteiger partial charge on any atom is -0.465 e. The van der Waals surface area contributed by atoms with E-state index in [-0.39, 0.29) is 18.4 Å². The lowest BCUT2D eigenvalue weighted by Crippen LogP contribution is -2.30. The van der Waals surface area contributed by atoms with Crippen LogP contribution in [0, 0.1) is 13.8 Å². The van der Waals surface area contributed by atoms with Gasteiger partial charge in [-0.2, -0.15) is 0 Å². The van der Waals surface area contributed by atoms with Gasteiger partial charge in [0.25, 0.3) is 5.91 Å². The molecule has 2 heterocycles. The number of thiocarbonyl (C=S) groups is 1. The summed E-state index contributed by atoms with van der Waals surface area (Å²) >= 11 is 5.44. The Hall–Kier alpha value is -3.45. The number of para-hydroxylation sites is 1. The Morgan fingerprint density at radius 3 is 2.68 bits per heavy atom. The van der Waals surface area contributed by atoms with E-state index in [1.165, 1.54) is 4.90 Å². The summed E-state index contributed by atoms with van der Waals surface area (Å²) in [5.41, 5.74) is 5.08. The number of hydrogen-bond acceptors (Lipinski definition) is 4. The predicted octanol–water partition coefficient (Wildman–Crippen LogP) is 4.08. The molecule has 0 spiro atoms. The molecule has 1 N–H and O–H groups in total. The minimum absolute atomic E-state index is 0.103. The van der Waals surface area contributed by atoms with Crippen LogP contribution in [-0.4, -0.2) is 28.2 Å². The van der Waals surface area contributed by atoms with Crippen LogP contribution in [-0.2, 0) is 20.9 Å². The van der Waals surface area contributed by atoms with E-state index in [1.807, 2.05) is 67.1 Å². The number of rotatable bonds is 5. The van der Waals surface area contributed by atoms with Gasteiger partial charge in [-0.1, -0.05) is 24.3 Å². The Balaban J connectivity index is 1.70. The number of nitrogens with zero attached hydrogens (tertiary/aromatic N) is 2. The molecule has 2 aromatic carbocycles. The Bertz CT molecular complexity index is 1240. The number of hydrogen-bond donors (Lipinski definition) is 1. The van der Waals surface area contributed by atoms with Crippen LogP contribution in [0.4, 0.5) is 5.69 Å². The van der Waals surface area contributed by atoms with Gasteiger partial charge in [0.05, 0.1) is 12.3 Å². The number of aryl methyl sites for hydroxylation is 2. The Labute approximate surface area is 186 Å². The van der Waals surface area contributed by atoms with Crippen LogP contribution in [0.15, 0.2) is 54.4 Å². The van der Waals surface area contributed by atoms with Crippen molar-refractivity contribution in [3.05, 3.63) is 71.0 Å². The third-order valence-electron chi connectivity index (χ3n) is 5.35. The zero-order valence-electron chi connectivity index (χ0n) is 17.6. The van der Waals surface area contributed by atoms with E-state index >= 15 is 0 Å².